The van der Waals surface area contributed by atoms with Crippen molar-refractivity contribution in [2.75, 3.05) is 0 Å². The first kappa shape index (κ1) is 14.1. The van der Waals surface area contributed by atoms with Gasteiger partial charge in [-0.25, -0.2) is 4.72 Å². The molecule has 0 heterocycles. The van der Waals surface area contributed by atoms with E-state index in [4.69, 9.17) is 5.11 Å². The molecule has 0 spiro atoms. The fourth-order valence-corrected chi connectivity index (χ4v) is 2.30. The standard InChI is InChI=1S/C13H19NO2S/c1-4-10-5-7-11(8-6-10)17-14-12(9(2)3)13(15)16/h5-9,12,14H,4H2,1-3H3,(H,15,16). The first-order valence-electron chi connectivity index (χ1n) is 5.78. The molecular formula is C13H19NO2S. The maximum Gasteiger partial charge on any atom is 0.321 e. The fourth-order valence-electron chi connectivity index (χ4n) is 1.40. The van der Waals surface area contributed by atoms with Crippen molar-refractivity contribution in [3.05, 3.63) is 29.8 Å². The molecule has 3 nitrogen and oxygen atoms in total. The van der Waals surface area contributed by atoms with Crippen LogP contribution in [0.4, 0.5) is 0 Å². The summed E-state index contributed by atoms with van der Waals surface area (Å²) in [7, 11) is 0. The molecule has 1 atom stereocenters. The Morgan fingerprint density at radius 2 is 1.94 bits per heavy atom. The highest BCUT2D eigenvalue weighted by Gasteiger charge is 2.20. The van der Waals surface area contributed by atoms with Crippen LogP contribution in [0, 0.1) is 5.92 Å². The Kier molecular flexibility index (Phi) is 5.51. The van der Waals surface area contributed by atoms with Crippen LogP contribution in [-0.2, 0) is 11.2 Å². The average Bonchev–Trinajstić information content (AvgIpc) is 2.29. The molecule has 4 heteroatoms. The van der Waals surface area contributed by atoms with Crippen molar-refractivity contribution < 1.29 is 9.90 Å². The molecule has 0 saturated heterocycles. The number of carbonyl (C=O) groups is 1. The molecule has 0 bridgehead atoms. The predicted molar refractivity (Wildman–Crippen MR) is 71.1 cm³/mol. The van der Waals surface area contributed by atoms with Gasteiger partial charge in [-0.05, 0) is 42.0 Å². The van der Waals surface area contributed by atoms with Gasteiger partial charge in [0.2, 0.25) is 0 Å². The van der Waals surface area contributed by atoms with E-state index in [0.717, 1.165) is 11.3 Å². The van der Waals surface area contributed by atoms with Gasteiger partial charge in [-0.3, -0.25) is 4.79 Å². The SMILES string of the molecule is CCc1ccc(SNC(C(=O)O)C(C)C)cc1. The van der Waals surface area contributed by atoms with Crippen molar-refractivity contribution in [2.45, 2.75) is 38.1 Å². The van der Waals surface area contributed by atoms with Gasteiger partial charge in [-0.2, -0.15) is 0 Å². The molecule has 0 saturated carbocycles. The molecule has 0 aliphatic heterocycles. The lowest BCUT2D eigenvalue weighted by Gasteiger charge is -2.17. The Morgan fingerprint density at radius 1 is 1.35 bits per heavy atom. The van der Waals surface area contributed by atoms with Gasteiger partial charge in [0.05, 0.1) is 0 Å². The summed E-state index contributed by atoms with van der Waals surface area (Å²) in [5.41, 5.74) is 1.29. The molecule has 1 aromatic rings. The van der Waals surface area contributed by atoms with E-state index in [2.05, 4.69) is 23.8 Å². The van der Waals surface area contributed by atoms with Gasteiger partial charge in [0.1, 0.15) is 6.04 Å². The molecule has 0 aliphatic carbocycles. The van der Waals surface area contributed by atoms with Crippen molar-refractivity contribution >= 4 is 17.9 Å². The van der Waals surface area contributed by atoms with E-state index in [1.54, 1.807) is 0 Å². The van der Waals surface area contributed by atoms with Crippen LogP contribution in [0.2, 0.25) is 0 Å². The number of rotatable bonds is 6. The molecule has 1 unspecified atom stereocenters. The summed E-state index contributed by atoms with van der Waals surface area (Å²) >= 11 is 1.37. The zero-order valence-electron chi connectivity index (χ0n) is 10.4. The van der Waals surface area contributed by atoms with E-state index in [-0.39, 0.29) is 5.92 Å². The highest BCUT2D eigenvalue weighted by molar-refractivity contribution is 7.97. The third-order valence-corrected chi connectivity index (χ3v) is 3.45. The second-order valence-corrected chi connectivity index (χ2v) is 5.19. The van der Waals surface area contributed by atoms with Crippen LogP contribution in [0.15, 0.2) is 29.2 Å². The van der Waals surface area contributed by atoms with E-state index >= 15 is 0 Å². The summed E-state index contributed by atoms with van der Waals surface area (Å²) in [6, 6.07) is 7.63. The normalized spacial score (nSPS) is 12.7. The molecule has 0 aromatic heterocycles. The Hall–Kier alpha value is -1.00. The van der Waals surface area contributed by atoms with Gasteiger partial charge in [-0.1, -0.05) is 32.9 Å². The quantitative estimate of drug-likeness (QED) is 0.765. The van der Waals surface area contributed by atoms with Gasteiger partial charge < -0.3 is 5.11 Å². The van der Waals surface area contributed by atoms with Crippen molar-refractivity contribution in [1.29, 1.82) is 0 Å². The lowest BCUT2D eigenvalue weighted by molar-refractivity contribution is -0.139. The number of hydrogen-bond acceptors (Lipinski definition) is 3. The van der Waals surface area contributed by atoms with Gasteiger partial charge in [0, 0.05) is 4.90 Å². The van der Waals surface area contributed by atoms with E-state index in [9.17, 15) is 4.79 Å². The Bertz CT molecular complexity index is 362. The first-order valence-corrected chi connectivity index (χ1v) is 6.60. The van der Waals surface area contributed by atoms with Crippen LogP contribution < -0.4 is 4.72 Å². The number of aryl methyl sites for hydroxylation is 1. The molecule has 1 aromatic carbocycles. The van der Waals surface area contributed by atoms with Crippen molar-refractivity contribution in [1.82, 2.24) is 4.72 Å². The highest BCUT2D eigenvalue weighted by Crippen LogP contribution is 2.18. The average molecular weight is 253 g/mol. The Balaban J connectivity index is 2.56. The number of hydrogen-bond donors (Lipinski definition) is 2. The lowest BCUT2D eigenvalue weighted by atomic mass is 10.1. The molecule has 2 N–H and O–H groups in total. The fraction of sp³-hybridized carbons (Fsp3) is 0.462. The number of benzene rings is 1. The van der Waals surface area contributed by atoms with Gasteiger partial charge >= 0.3 is 5.97 Å². The first-order chi connectivity index (χ1) is 8.04. The number of aliphatic carboxylic acids is 1. The second-order valence-electron chi connectivity index (χ2n) is 4.28. The third-order valence-electron chi connectivity index (χ3n) is 2.57. The second kappa shape index (κ2) is 6.67. The summed E-state index contributed by atoms with van der Waals surface area (Å²) < 4.78 is 2.99. The van der Waals surface area contributed by atoms with Crippen molar-refractivity contribution in [3.63, 3.8) is 0 Å². The maximum absolute atomic E-state index is 11.0. The zero-order valence-corrected chi connectivity index (χ0v) is 11.3. The van der Waals surface area contributed by atoms with Crippen LogP contribution in [0.5, 0.6) is 0 Å². The van der Waals surface area contributed by atoms with Crippen LogP contribution in [0.3, 0.4) is 0 Å². The summed E-state index contributed by atoms with van der Waals surface area (Å²) in [4.78, 5) is 12.0. The topological polar surface area (TPSA) is 49.3 Å². The Morgan fingerprint density at radius 3 is 2.35 bits per heavy atom. The number of nitrogens with one attached hydrogen (secondary N) is 1. The molecule has 17 heavy (non-hydrogen) atoms. The third kappa shape index (κ3) is 4.40. The van der Waals surface area contributed by atoms with Gasteiger partial charge in [0.15, 0.2) is 0 Å². The Labute approximate surface area is 107 Å². The van der Waals surface area contributed by atoms with Gasteiger partial charge in [0.25, 0.3) is 0 Å². The van der Waals surface area contributed by atoms with E-state index in [0.29, 0.717) is 0 Å². The van der Waals surface area contributed by atoms with Crippen molar-refractivity contribution in [2.24, 2.45) is 5.92 Å². The van der Waals surface area contributed by atoms with Gasteiger partial charge in [-0.15, -0.1) is 0 Å². The summed E-state index contributed by atoms with van der Waals surface area (Å²) in [6.07, 6.45) is 1.02. The predicted octanol–water partition coefficient (Wildman–Crippen LogP) is 2.95. The molecule has 1 rings (SSSR count). The van der Waals surface area contributed by atoms with Crippen LogP contribution in [-0.4, -0.2) is 17.1 Å². The minimum Gasteiger partial charge on any atom is -0.480 e. The largest absolute Gasteiger partial charge is 0.480 e. The zero-order chi connectivity index (χ0) is 12.8. The van der Waals surface area contributed by atoms with Crippen LogP contribution in [0.1, 0.15) is 26.3 Å². The number of carboxylic acids is 1. The smallest absolute Gasteiger partial charge is 0.321 e. The lowest BCUT2D eigenvalue weighted by Crippen LogP contribution is -2.36. The van der Waals surface area contributed by atoms with E-state index in [1.807, 2.05) is 26.0 Å². The molecular weight excluding hydrogens is 234 g/mol. The van der Waals surface area contributed by atoms with E-state index < -0.39 is 12.0 Å². The molecule has 0 aliphatic rings. The van der Waals surface area contributed by atoms with Crippen LogP contribution in [0.25, 0.3) is 0 Å². The summed E-state index contributed by atoms with van der Waals surface area (Å²) in [5.74, 6) is -0.743. The monoisotopic (exact) mass is 253 g/mol. The molecule has 0 fully saturated rings. The number of carboxylic acid groups (broad SMARTS) is 1. The summed E-state index contributed by atoms with van der Waals surface area (Å²) in [6.45, 7) is 5.90. The molecule has 0 radical (unpaired) electrons. The summed E-state index contributed by atoms with van der Waals surface area (Å²) in [5, 5.41) is 9.03. The molecule has 0 amide bonds. The minimum atomic E-state index is -0.808. The van der Waals surface area contributed by atoms with Crippen LogP contribution >= 0.6 is 11.9 Å². The molecule has 94 valence electrons. The maximum atomic E-state index is 11.0. The minimum absolute atomic E-state index is 0.0647. The van der Waals surface area contributed by atoms with Crippen molar-refractivity contribution in [3.8, 4) is 0 Å². The highest BCUT2D eigenvalue weighted by atomic mass is 32.2. The van der Waals surface area contributed by atoms with E-state index in [1.165, 1.54) is 17.5 Å².